The van der Waals surface area contributed by atoms with E-state index in [9.17, 15) is 0 Å². The molecular formula is C76H52N4. The Kier molecular flexibility index (Phi) is 10.2. The van der Waals surface area contributed by atoms with Crippen LogP contribution in [0.2, 0.25) is 0 Å². The molecule has 4 aliphatic carbocycles. The molecule has 0 radical (unpaired) electrons. The van der Waals surface area contributed by atoms with Gasteiger partial charge in [-0.1, -0.05) is 205 Å². The number of para-hydroxylation sites is 2. The number of nitrogens with zero attached hydrogens (tertiary/aromatic N) is 4. The van der Waals surface area contributed by atoms with E-state index in [0.717, 1.165) is 56.4 Å². The average Bonchev–Trinajstić information content (AvgIpc) is 2.26. The summed E-state index contributed by atoms with van der Waals surface area (Å²) in [6, 6.07) is 95.2. The quantitative estimate of drug-likeness (QED) is 0.152. The highest BCUT2D eigenvalue weighted by molar-refractivity contribution is 6.20. The number of aromatic nitrogens is 2. The summed E-state index contributed by atoms with van der Waals surface area (Å²) in [4.78, 5) is 14.4. The largest absolute Gasteiger partial charge is 0.308 e. The molecule has 16 rings (SSSR count). The van der Waals surface area contributed by atoms with Crippen molar-refractivity contribution in [1.29, 1.82) is 0 Å². The number of fused-ring (bicyclic) bond motifs is 18. The minimum Gasteiger partial charge on any atom is -0.308 e. The van der Waals surface area contributed by atoms with Crippen LogP contribution in [-0.2, 0) is 10.8 Å². The molecular weight excluding hydrogens is 969 g/mol. The van der Waals surface area contributed by atoms with Crippen molar-refractivity contribution in [2.45, 2.75) is 24.7 Å². The van der Waals surface area contributed by atoms with Gasteiger partial charge in [0, 0.05) is 34.9 Å². The number of aryl methyl sites for hydroxylation is 2. The summed E-state index contributed by atoms with van der Waals surface area (Å²) >= 11 is 0. The Morgan fingerprint density at radius 3 is 1.07 bits per heavy atom. The summed E-state index contributed by atoms with van der Waals surface area (Å²) in [6.07, 6.45) is 7.73. The molecule has 0 amide bonds. The lowest BCUT2D eigenvalue weighted by Gasteiger charge is -2.36. The van der Waals surface area contributed by atoms with Crippen LogP contribution in [-0.4, -0.2) is 9.97 Å². The van der Waals surface area contributed by atoms with Crippen LogP contribution in [0.25, 0.3) is 55.7 Å². The molecule has 12 aromatic rings. The van der Waals surface area contributed by atoms with E-state index in [1.165, 1.54) is 89.0 Å². The third kappa shape index (κ3) is 6.39. The van der Waals surface area contributed by atoms with Crippen molar-refractivity contribution >= 4 is 45.3 Å². The first-order chi connectivity index (χ1) is 39.5. The zero-order valence-corrected chi connectivity index (χ0v) is 44.3. The van der Waals surface area contributed by atoms with Gasteiger partial charge >= 0.3 is 0 Å². The second-order valence-electron chi connectivity index (χ2n) is 21.8. The minimum absolute atomic E-state index is 0.707. The maximum Gasteiger partial charge on any atom is 0.0728 e. The number of rotatable bonds is 8. The molecule has 4 heteroatoms. The van der Waals surface area contributed by atoms with Crippen LogP contribution in [0.5, 0.6) is 0 Å². The van der Waals surface area contributed by atoms with E-state index < -0.39 is 10.8 Å². The summed E-state index contributed by atoms with van der Waals surface area (Å²) < 4.78 is 0. The molecule has 0 aliphatic heterocycles. The first kappa shape index (κ1) is 46.0. The monoisotopic (exact) mass is 1020 g/mol. The molecule has 2 aromatic heterocycles. The van der Waals surface area contributed by atoms with Crippen LogP contribution < -0.4 is 9.80 Å². The van der Waals surface area contributed by atoms with Gasteiger partial charge < -0.3 is 9.80 Å². The van der Waals surface area contributed by atoms with Gasteiger partial charge in [0.1, 0.15) is 0 Å². The molecule has 4 aliphatic rings. The molecule has 0 saturated carbocycles. The van der Waals surface area contributed by atoms with Crippen LogP contribution in [0.4, 0.5) is 34.1 Å². The smallest absolute Gasteiger partial charge is 0.0728 e. The molecule has 80 heavy (non-hydrogen) atoms. The van der Waals surface area contributed by atoms with Gasteiger partial charge in [-0.2, -0.15) is 0 Å². The zero-order valence-electron chi connectivity index (χ0n) is 44.3. The van der Waals surface area contributed by atoms with Gasteiger partial charge in [0.2, 0.25) is 0 Å². The number of hydrogen-bond acceptors (Lipinski definition) is 4. The molecule has 2 spiro atoms. The normalized spacial score (nSPS) is 16.4. The Labute approximate surface area is 466 Å². The maximum absolute atomic E-state index is 4.77. The van der Waals surface area contributed by atoms with Gasteiger partial charge in [0.15, 0.2) is 0 Å². The van der Waals surface area contributed by atoms with Crippen LogP contribution in [0, 0.1) is 13.8 Å². The Morgan fingerprint density at radius 2 is 0.650 bits per heavy atom. The lowest BCUT2D eigenvalue weighted by atomic mass is 9.66. The van der Waals surface area contributed by atoms with E-state index in [4.69, 9.17) is 9.97 Å². The van der Waals surface area contributed by atoms with Crippen molar-refractivity contribution in [2.75, 3.05) is 9.80 Å². The maximum atomic E-state index is 4.77. The summed E-state index contributed by atoms with van der Waals surface area (Å²) in [5.41, 5.74) is 30.0. The fourth-order valence-corrected chi connectivity index (χ4v) is 14.5. The van der Waals surface area contributed by atoms with Gasteiger partial charge in [0.25, 0.3) is 0 Å². The van der Waals surface area contributed by atoms with E-state index in [1.54, 1.807) is 0 Å². The molecule has 0 saturated heterocycles. The van der Waals surface area contributed by atoms with E-state index in [-0.39, 0.29) is 0 Å². The third-order valence-electron chi connectivity index (χ3n) is 17.5. The van der Waals surface area contributed by atoms with Crippen molar-refractivity contribution < 1.29 is 0 Å². The van der Waals surface area contributed by atoms with Crippen LogP contribution in [0.15, 0.2) is 280 Å². The van der Waals surface area contributed by atoms with E-state index in [1.807, 2.05) is 36.9 Å². The van der Waals surface area contributed by atoms with Crippen molar-refractivity contribution in [2.24, 2.45) is 0 Å². The highest BCUT2D eigenvalue weighted by Crippen LogP contribution is 2.75. The van der Waals surface area contributed by atoms with Crippen LogP contribution >= 0.6 is 0 Å². The van der Waals surface area contributed by atoms with Gasteiger partial charge in [-0.3, -0.25) is 9.97 Å². The molecule has 0 N–H and O–H groups in total. The van der Waals surface area contributed by atoms with Gasteiger partial charge in [-0.15, -0.1) is 0 Å². The highest BCUT2D eigenvalue weighted by atomic mass is 15.2. The Balaban J connectivity index is 1.06. The number of benzene rings is 10. The van der Waals surface area contributed by atoms with Crippen molar-refractivity contribution in [3.8, 4) is 44.5 Å². The van der Waals surface area contributed by atoms with Gasteiger partial charge in [-0.25, -0.2) is 0 Å². The Morgan fingerprint density at radius 1 is 0.275 bits per heavy atom. The first-order valence-electron chi connectivity index (χ1n) is 27.7. The topological polar surface area (TPSA) is 32.3 Å². The third-order valence-corrected chi connectivity index (χ3v) is 17.5. The summed E-state index contributed by atoms with van der Waals surface area (Å²) in [6.45, 7) is 4.51. The Hall–Kier alpha value is -10.2. The summed E-state index contributed by atoms with van der Waals surface area (Å²) in [7, 11) is 0. The van der Waals surface area contributed by atoms with Crippen LogP contribution in [0.3, 0.4) is 0 Å². The average molecular weight is 1020 g/mol. The highest BCUT2D eigenvalue weighted by Gasteiger charge is 2.63. The zero-order chi connectivity index (χ0) is 53.1. The predicted molar refractivity (Wildman–Crippen MR) is 329 cm³/mol. The van der Waals surface area contributed by atoms with Crippen molar-refractivity contribution in [3.63, 3.8) is 0 Å². The van der Waals surface area contributed by atoms with Crippen molar-refractivity contribution in [3.05, 3.63) is 335 Å². The lowest BCUT2D eigenvalue weighted by Crippen LogP contribution is -2.29. The van der Waals surface area contributed by atoms with E-state index in [0.29, 0.717) is 0 Å². The number of hydrogen-bond donors (Lipinski definition) is 0. The van der Waals surface area contributed by atoms with Gasteiger partial charge in [0.05, 0.1) is 46.0 Å². The van der Waals surface area contributed by atoms with E-state index >= 15 is 0 Å². The van der Waals surface area contributed by atoms with Crippen LogP contribution in [0.1, 0.15) is 55.6 Å². The SMILES string of the molecule is Cc1ccc2c(c1)C1(C3=C(c4cc(N(c5cccnc5)c5ccccc5-c5ccccc5)ccc41)C1(c4ccc(N(c5cccnc5)c5ccccc5-c5ccccc5)cc43)c3ccccc3-c3ccc(C)cc31)c1ccccc1-2. The standard InChI is InChI=1S/C76H52N4/c1-49-33-37-61-59-27-9-13-29-65(59)75(69(61)43-49)67-39-35-53(79(55-23-17-41-77-47-55)71-31-15-11-25-57(71)51-19-5-3-6-20-51)45-63(67)74-73(75)64-46-54(36-40-68(64)76(74)66-30-14-10-28-60(66)62-38-34-50(2)44-70(62)76)80(56-24-18-42-78-48-56)72-32-16-12-26-58(72)52-21-7-4-8-22-52/h3-48H,1-2H3. The molecule has 10 aromatic carbocycles. The summed E-state index contributed by atoms with van der Waals surface area (Å²) in [5.74, 6) is 0. The minimum atomic E-state index is -0.707. The fourth-order valence-electron chi connectivity index (χ4n) is 14.5. The fraction of sp³-hybridized carbons (Fsp3) is 0.0526. The first-order valence-corrected chi connectivity index (χ1v) is 27.7. The predicted octanol–water partition coefficient (Wildman–Crippen LogP) is 18.9. The van der Waals surface area contributed by atoms with Crippen molar-refractivity contribution in [1.82, 2.24) is 9.97 Å². The molecule has 2 heterocycles. The number of allylic oxidation sites excluding steroid dienone is 2. The molecule has 376 valence electrons. The second kappa shape index (κ2) is 17.7. The molecule has 4 nitrogen and oxygen atoms in total. The molecule has 2 unspecified atom stereocenters. The lowest BCUT2D eigenvalue weighted by molar-refractivity contribution is 0.825. The summed E-state index contributed by atoms with van der Waals surface area (Å²) in [5, 5.41) is 0. The molecule has 2 atom stereocenters. The molecule has 0 fully saturated rings. The second-order valence-corrected chi connectivity index (χ2v) is 21.8. The van der Waals surface area contributed by atoms with Gasteiger partial charge in [-0.05, 0) is 164 Å². The van der Waals surface area contributed by atoms with E-state index in [2.05, 4.69) is 266 Å². The number of anilines is 6. The molecule has 0 bridgehead atoms. The Bertz CT molecular complexity index is 4220. The number of pyridine rings is 2.